The molecule has 2 aliphatic heterocycles. The van der Waals surface area contributed by atoms with Crippen molar-refractivity contribution in [1.29, 1.82) is 0 Å². The van der Waals surface area contributed by atoms with E-state index in [0.717, 1.165) is 51.0 Å². The molecule has 1 aromatic carbocycles. The summed E-state index contributed by atoms with van der Waals surface area (Å²) in [6, 6.07) is 8.99. The Morgan fingerprint density at radius 2 is 1.96 bits per heavy atom. The van der Waals surface area contributed by atoms with Crippen molar-refractivity contribution in [3.05, 3.63) is 41.2 Å². The molecular formula is C19H26N6O. The average molecular weight is 354 g/mol. The number of piperidine rings is 1. The minimum Gasteiger partial charge on any atom is -0.335 e. The van der Waals surface area contributed by atoms with Gasteiger partial charge in [0, 0.05) is 25.6 Å². The Bertz CT molecular complexity index is 733. The van der Waals surface area contributed by atoms with Gasteiger partial charge in [-0.25, -0.2) is 9.48 Å². The first kappa shape index (κ1) is 17.0. The molecule has 1 N–H and O–H groups in total. The van der Waals surface area contributed by atoms with Gasteiger partial charge in [-0.1, -0.05) is 29.8 Å². The zero-order chi connectivity index (χ0) is 17.9. The quantitative estimate of drug-likeness (QED) is 0.899. The molecule has 0 bridgehead atoms. The lowest BCUT2D eigenvalue weighted by molar-refractivity contribution is 0.147. The zero-order valence-electron chi connectivity index (χ0n) is 15.3. The lowest BCUT2D eigenvalue weighted by Crippen LogP contribution is -2.48. The summed E-state index contributed by atoms with van der Waals surface area (Å²) < 4.78 is 1.85. The SMILES string of the molecule is Cc1ccc(C2CCCCN2C(=O)NC2CCc3nnnn3CC2)cc1. The van der Waals surface area contributed by atoms with E-state index in [1.807, 2.05) is 9.58 Å². The van der Waals surface area contributed by atoms with E-state index in [-0.39, 0.29) is 18.1 Å². The number of hydrogen-bond acceptors (Lipinski definition) is 4. The standard InChI is InChI=1S/C19H26N6O/c1-14-5-7-15(8-6-14)17-4-2-3-12-24(17)19(26)20-16-9-10-18-21-22-23-25(18)13-11-16/h5-8,16-17H,2-4,9-13H2,1H3,(H,20,26). The van der Waals surface area contributed by atoms with Gasteiger partial charge in [-0.15, -0.1) is 5.10 Å². The number of fused-ring (bicyclic) bond motifs is 1. The van der Waals surface area contributed by atoms with Crippen molar-refractivity contribution in [2.45, 2.75) is 64.1 Å². The second kappa shape index (κ2) is 7.43. The normalized spacial score (nSPS) is 23.2. The molecule has 4 rings (SSSR count). The van der Waals surface area contributed by atoms with Crippen molar-refractivity contribution >= 4 is 6.03 Å². The third kappa shape index (κ3) is 3.57. The van der Waals surface area contributed by atoms with Crippen LogP contribution in [0.5, 0.6) is 0 Å². The van der Waals surface area contributed by atoms with E-state index in [4.69, 9.17) is 0 Å². The van der Waals surface area contributed by atoms with Crippen LogP contribution in [0.3, 0.4) is 0 Å². The predicted molar refractivity (Wildman–Crippen MR) is 97.6 cm³/mol. The van der Waals surface area contributed by atoms with Gasteiger partial charge in [0.15, 0.2) is 5.82 Å². The zero-order valence-corrected chi connectivity index (χ0v) is 15.3. The summed E-state index contributed by atoms with van der Waals surface area (Å²) in [4.78, 5) is 15.0. The summed E-state index contributed by atoms with van der Waals surface area (Å²) in [5.41, 5.74) is 2.49. The van der Waals surface area contributed by atoms with Crippen LogP contribution in [0.4, 0.5) is 4.79 Å². The summed E-state index contributed by atoms with van der Waals surface area (Å²) in [6.07, 6.45) is 5.84. The Morgan fingerprint density at radius 1 is 1.12 bits per heavy atom. The molecule has 7 nitrogen and oxygen atoms in total. The van der Waals surface area contributed by atoms with E-state index >= 15 is 0 Å². The molecule has 1 aromatic heterocycles. The number of hydrogen-bond donors (Lipinski definition) is 1. The summed E-state index contributed by atoms with van der Waals surface area (Å²) in [5.74, 6) is 0.914. The molecule has 26 heavy (non-hydrogen) atoms. The first-order valence-electron chi connectivity index (χ1n) is 9.59. The van der Waals surface area contributed by atoms with Crippen LogP contribution >= 0.6 is 0 Å². The number of carbonyl (C=O) groups excluding carboxylic acids is 1. The number of nitrogens with zero attached hydrogens (tertiary/aromatic N) is 5. The highest BCUT2D eigenvalue weighted by atomic mass is 16.2. The molecule has 2 atom stereocenters. The van der Waals surface area contributed by atoms with Gasteiger partial charge in [0.05, 0.1) is 6.04 Å². The minimum absolute atomic E-state index is 0.0610. The van der Waals surface area contributed by atoms with Gasteiger partial charge in [0.25, 0.3) is 0 Å². The van der Waals surface area contributed by atoms with Gasteiger partial charge < -0.3 is 10.2 Å². The first-order valence-corrected chi connectivity index (χ1v) is 9.59. The number of nitrogens with one attached hydrogen (secondary N) is 1. The number of benzene rings is 1. The Morgan fingerprint density at radius 3 is 2.81 bits per heavy atom. The average Bonchev–Trinajstić information content (AvgIpc) is 3.04. The van der Waals surface area contributed by atoms with Gasteiger partial charge in [0.1, 0.15) is 0 Å². The van der Waals surface area contributed by atoms with E-state index in [1.165, 1.54) is 17.5 Å². The van der Waals surface area contributed by atoms with Crippen LogP contribution in [-0.2, 0) is 13.0 Å². The lowest BCUT2D eigenvalue weighted by Gasteiger charge is -2.37. The highest BCUT2D eigenvalue weighted by Gasteiger charge is 2.29. The maximum atomic E-state index is 13.0. The van der Waals surface area contributed by atoms with Crippen LogP contribution in [0.15, 0.2) is 24.3 Å². The van der Waals surface area contributed by atoms with Crippen molar-refractivity contribution in [3.8, 4) is 0 Å². The number of carbonyl (C=O) groups is 1. The largest absolute Gasteiger partial charge is 0.335 e. The second-order valence-electron chi connectivity index (χ2n) is 7.41. The molecule has 0 saturated carbocycles. The van der Waals surface area contributed by atoms with Gasteiger partial charge in [0.2, 0.25) is 0 Å². The van der Waals surface area contributed by atoms with Crippen molar-refractivity contribution < 1.29 is 4.79 Å². The van der Waals surface area contributed by atoms with Gasteiger partial charge in [-0.2, -0.15) is 0 Å². The van der Waals surface area contributed by atoms with Crippen LogP contribution in [-0.4, -0.2) is 43.7 Å². The molecule has 2 amide bonds. The maximum absolute atomic E-state index is 13.0. The Balaban J connectivity index is 1.42. The van der Waals surface area contributed by atoms with E-state index in [0.29, 0.717) is 0 Å². The van der Waals surface area contributed by atoms with Crippen molar-refractivity contribution in [2.24, 2.45) is 0 Å². The number of amides is 2. The van der Waals surface area contributed by atoms with Gasteiger partial charge in [-0.3, -0.25) is 0 Å². The highest BCUT2D eigenvalue weighted by Crippen LogP contribution is 2.31. The van der Waals surface area contributed by atoms with Crippen LogP contribution < -0.4 is 5.32 Å². The first-order chi connectivity index (χ1) is 12.7. The molecule has 0 aliphatic carbocycles. The predicted octanol–water partition coefficient (Wildman–Crippen LogP) is 2.62. The van der Waals surface area contributed by atoms with Crippen molar-refractivity contribution in [2.75, 3.05) is 6.54 Å². The Labute approximate surface area is 153 Å². The molecule has 1 saturated heterocycles. The molecule has 3 heterocycles. The van der Waals surface area contributed by atoms with Crippen LogP contribution in [0.1, 0.15) is 55.1 Å². The fourth-order valence-corrected chi connectivity index (χ4v) is 4.01. The molecule has 138 valence electrons. The molecule has 1 fully saturated rings. The molecule has 2 aromatic rings. The maximum Gasteiger partial charge on any atom is 0.318 e. The summed E-state index contributed by atoms with van der Waals surface area (Å²) >= 11 is 0. The van der Waals surface area contributed by atoms with Crippen LogP contribution in [0.2, 0.25) is 0 Å². The van der Waals surface area contributed by atoms with E-state index in [9.17, 15) is 4.79 Å². The minimum atomic E-state index is 0.0610. The molecule has 0 spiro atoms. The molecule has 7 heteroatoms. The second-order valence-corrected chi connectivity index (χ2v) is 7.41. The topological polar surface area (TPSA) is 75.9 Å². The number of aromatic nitrogens is 4. The number of aryl methyl sites for hydroxylation is 3. The Kier molecular flexibility index (Phi) is 4.86. The van der Waals surface area contributed by atoms with Gasteiger partial charge in [-0.05, 0) is 55.0 Å². The molecule has 2 unspecified atom stereocenters. The van der Waals surface area contributed by atoms with Crippen molar-refractivity contribution in [1.82, 2.24) is 30.4 Å². The van der Waals surface area contributed by atoms with E-state index in [1.54, 1.807) is 0 Å². The third-order valence-electron chi connectivity index (χ3n) is 5.57. The van der Waals surface area contributed by atoms with Crippen molar-refractivity contribution in [3.63, 3.8) is 0 Å². The summed E-state index contributed by atoms with van der Waals surface area (Å²) in [6.45, 7) is 3.68. The third-order valence-corrected chi connectivity index (χ3v) is 5.57. The number of tetrazole rings is 1. The van der Waals surface area contributed by atoms with Crippen LogP contribution in [0, 0.1) is 6.92 Å². The monoisotopic (exact) mass is 354 g/mol. The number of urea groups is 1. The number of likely N-dealkylation sites (tertiary alicyclic amines) is 1. The lowest BCUT2D eigenvalue weighted by atomic mass is 9.95. The number of rotatable bonds is 2. The van der Waals surface area contributed by atoms with E-state index < -0.39 is 0 Å². The molecule has 2 aliphatic rings. The smallest absolute Gasteiger partial charge is 0.318 e. The summed E-state index contributed by atoms with van der Waals surface area (Å²) in [5, 5.41) is 15.1. The molecule has 0 radical (unpaired) electrons. The molecular weight excluding hydrogens is 328 g/mol. The van der Waals surface area contributed by atoms with Crippen LogP contribution in [0.25, 0.3) is 0 Å². The van der Waals surface area contributed by atoms with E-state index in [2.05, 4.69) is 52.0 Å². The Hall–Kier alpha value is -2.44. The summed E-state index contributed by atoms with van der Waals surface area (Å²) in [7, 11) is 0. The fraction of sp³-hybridized carbons (Fsp3) is 0.579. The highest BCUT2D eigenvalue weighted by molar-refractivity contribution is 5.75. The van der Waals surface area contributed by atoms with Gasteiger partial charge >= 0.3 is 6.03 Å². The fourth-order valence-electron chi connectivity index (χ4n) is 4.01.